The summed E-state index contributed by atoms with van der Waals surface area (Å²) in [6.45, 7) is 4.17. The number of amides is 1. The van der Waals surface area contributed by atoms with Crippen molar-refractivity contribution in [2.75, 3.05) is 24.6 Å². The molecule has 0 radical (unpaired) electrons. The average Bonchev–Trinajstić information content (AvgIpc) is 3.45. The first-order chi connectivity index (χ1) is 15.1. The van der Waals surface area contributed by atoms with Gasteiger partial charge >= 0.3 is 0 Å². The summed E-state index contributed by atoms with van der Waals surface area (Å²) < 4.78 is 5.51. The molecule has 0 saturated carbocycles. The van der Waals surface area contributed by atoms with Gasteiger partial charge in [-0.3, -0.25) is 4.79 Å². The summed E-state index contributed by atoms with van der Waals surface area (Å²) in [7, 11) is 0. The Kier molecular flexibility index (Phi) is 5.19. The molecule has 3 heterocycles. The van der Waals surface area contributed by atoms with E-state index >= 15 is 0 Å². The number of nitrogens with one attached hydrogen (secondary N) is 1. The van der Waals surface area contributed by atoms with Crippen LogP contribution in [0.4, 0.5) is 5.82 Å². The number of rotatable bonds is 4. The lowest BCUT2D eigenvalue weighted by Crippen LogP contribution is -2.42. The third kappa shape index (κ3) is 3.93. The first-order valence-electron chi connectivity index (χ1n) is 10.8. The third-order valence-corrected chi connectivity index (χ3v) is 6.03. The molecule has 2 fully saturated rings. The van der Waals surface area contributed by atoms with Gasteiger partial charge in [0.25, 0.3) is 0 Å². The van der Waals surface area contributed by atoms with E-state index in [-0.39, 0.29) is 23.8 Å². The van der Waals surface area contributed by atoms with E-state index < -0.39 is 0 Å². The molecule has 1 unspecified atom stereocenters. The summed E-state index contributed by atoms with van der Waals surface area (Å²) >= 11 is 0. The molecule has 7 heteroatoms. The molecule has 2 atom stereocenters. The number of ether oxygens (including phenoxy) is 1. The molecule has 5 rings (SSSR count). The highest BCUT2D eigenvalue weighted by molar-refractivity contribution is 5.92. The zero-order valence-corrected chi connectivity index (χ0v) is 17.5. The van der Waals surface area contributed by atoms with Crippen molar-refractivity contribution in [1.82, 2.24) is 15.3 Å². The van der Waals surface area contributed by atoms with Gasteiger partial charge in [-0.15, -0.1) is 0 Å². The number of para-hydroxylation sites is 1. The number of carbonyl (C=O) groups is 1. The first-order valence-corrected chi connectivity index (χ1v) is 10.8. The quantitative estimate of drug-likeness (QED) is 0.677. The first kappa shape index (κ1) is 19.8. The molecule has 0 bridgehead atoms. The van der Waals surface area contributed by atoms with Crippen molar-refractivity contribution in [3.8, 4) is 17.1 Å². The van der Waals surface area contributed by atoms with Crippen molar-refractivity contribution in [2.45, 2.75) is 38.3 Å². The lowest BCUT2D eigenvalue weighted by Gasteiger charge is -2.21. The van der Waals surface area contributed by atoms with Crippen molar-refractivity contribution in [3.63, 3.8) is 0 Å². The highest BCUT2D eigenvalue weighted by Crippen LogP contribution is 2.33. The van der Waals surface area contributed by atoms with Crippen molar-refractivity contribution >= 4 is 22.6 Å². The van der Waals surface area contributed by atoms with Gasteiger partial charge in [0.2, 0.25) is 5.91 Å². The molecule has 1 aromatic heterocycles. The number of aromatic hydroxyl groups is 1. The zero-order chi connectivity index (χ0) is 21.4. The maximum absolute atomic E-state index is 12.5. The summed E-state index contributed by atoms with van der Waals surface area (Å²) in [5, 5.41) is 14.5. The minimum absolute atomic E-state index is 0.0117. The zero-order valence-electron chi connectivity index (χ0n) is 17.5. The van der Waals surface area contributed by atoms with Gasteiger partial charge in [-0.2, -0.15) is 0 Å². The molecule has 3 aromatic rings. The molecule has 2 aliphatic heterocycles. The number of anilines is 1. The molecule has 0 aliphatic carbocycles. The van der Waals surface area contributed by atoms with E-state index in [4.69, 9.17) is 14.7 Å². The fraction of sp³-hybridized carbons (Fsp3) is 0.375. The van der Waals surface area contributed by atoms with Gasteiger partial charge < -0.3 is 20.1 Å². The minimum atomic E-state index is -0.315. The second kappa shape index (κ2) is 8.15. The molecular formula is C24H26N4O3. The lowest BCUT2D eigenvalue weighted by molar-refractivity contribution is -0.130. The average molecular weight is 418 g/mol. The van der Waals surface area contributed by atoms with E-state index in [0.717, 1.165) is 48.1 Å². The number of hydrogen-bond donors (Lipinski definition) is 2. The molecule has 1 amide bonds. The van der Waals surface area contributed by atoms with Gasteiger partial charge in [0.05, 0.1) is 11.1 Å². The maximum Gasteiger partial charge on any atom is 0.249 e. The summed E-state index contributed by atoms with van der Waals surface area (Å²) in [6, 6.07) is 13.3. The van der Waals surface area contributed by atoms with Crippen LogP contribution >= 0.6 is 0 Å². The lowest BCUT2D eigenvalue weighted by atomic mass is 10.1. The van der Waals surface area contributed by atoms with E-state index in [0.29, 0.717) is 24.5 Å². The van der Waals surface area contributed by atoms with E-state index in [1.54, 1.807) is 12.1 Å². The normalized spacial score (nSPS) is 21.0. The standard InChI is InChI=1S/C24H26N4O3/c1-15-8-9-17-19(13-15)26-22(18-5-2-3-6-20(18)29)27-23(17)28-11-10-16(14-28)25-24(30)21-7-4-12-31-21/h2-3,5-6,8-9,13,16,21,29H,4,7,10-12,14H2,1H3,(H,25,30)/t16?,21-/m1/s1. The predicted molar refractivity (Wildman–Crippen MR) is 119 cm³/mol. The van der Waals surface area contributed by atoms with Crippen LogP contribution in [0.3, 0.4) is 0 Å². The Bertz CT molecular complexity index is 1130. The van der Waals surface area contributed by atoms with Crippen molar-refractivity contribution in [3.05, 3.63) is 48.0 Å². The molecule has 31 heavy (non-hydrogen) atoms. The Labute approximate surface area is 181 Å². The fourth-order valence-electron chi connectivity index (χ4n) is 4.40. The molecule has 0 spiro atoms. The number of nitrogens with zero attached hydrogens (tertiary/aromatic N) is 3. The molecule has 7 nitrogen and oxygen atoms in total. The Morgan fingerprint density at radius 2 is 2.06 bits per heavy atom. The number of carbonyl (C=O) groups excluding carboxylic acids is 1. The van der Waals surface area contributed by atoms with Gasteiger partial charge in [-0.1, -0.05) is 18.2 Å². The van der Waals surface area contributed by atoms with E-state index in [1.807, 2.05) is 31.2 Å². The van der Waals surface area contributed by atoms with Crippen LogP contribution in [0.15, 0.2) is 42.5 Å². The molecule has 2 aliphatic rings. The Morgan fingerprint density at radius 3 is 2.87 bits per heavy atom. The smallest absolute Gasteiger partial charge is 0.249 e. The molecular weight excluding hydrogens is 392 g/mol. The summed E-state index contributed by atoms with van der Waals surface area (Å²) in [4.78, 5) is 24.2. The van der Waals surface area contributed by atoms with Crippen LogP contribution in [0.25, 0.3) is 22.3 Å². The van der Waals surface area contributed by atoms with Gasteiger partial charge in [0.15, 0.2) is 5.82 Å². The Balaban J connectivity index is 1.46. The van der Waals surface area contributed by atoms with Crippen LogP contribution in [-0.4, -0.2) is 52.8 Å². The van der Waals surface area contributed by atoms with E-state index in [9.17, 15) is 9.90 Å². The molecule has 2 N–H and O–H groups in total. The van der Waals surface area contributed by atoms with Gasteiger partial charge in [0, 0.05) is 31.1 Å². The number of aryl methyl sites for hydroxylation is 1. The number of hydrogen-bond acceptors (Lipinski definition) is 6. The van der Waals surface area contributed by atoms with Crippen molar-refractivity contribution in [2.24, 2.45) is 0 Å². The van der Waals surface area contributed by atoms with Gasteiger partial charge in [-0.05, 0) is 56.0 Å². The van der Waals surface area contributed by atoms with E-state index in [2.05, 4.69) is 16.3 Å². The highest BCUT2D eigenvalue weighted by atomic mass is 16.5. The van der Waals surface area contributed by atoms with Crippen LogP contribution < -0.4 is 10.2 Å². The maximum atomic E-state index is 12.5. The highest BCUT2D eigenvalue weighted by Gasteiger charge is 2.30. The van der Waals surface area contributed by atoms with Crippen LogP contribution in [0.5, 0.6) is 5.75 Å². The second-order valence-electron chi connectivity index (χ2n) is 8.35. The van der Waals surface area contributed by atoms with Crippen LogP contribution in [0.1, 0.15) is 24.8 Å². The molecule has 2 saturated heterocycles. The monoisotopic (exact) mass is 418 g/mol. The largest absolute Gasteiger partial charge is 0.507 e. The molecule has 160 valence electrons. The fourth-order valence-corrected chi connectivity index (χ4v) is 4.40. The van der Waals surface area contributed by atoms with E-state index in [1.165, 1.54) is 0 Å². The number of phenols is 1. The summed E-state index contributed by atoms with van der Waals surface area (Å²) in [6.07, 6.45) is 2.27. The third-order valence-electron chi connectivity index (χ3n) is 6.03. The van der Waals surface area contributed by atoms with Crippen molar-refractivity contribution in [1.29, 1.82) is 0 Å². The minimum Gasteiger partial charge on any atom is -0.507 e. The van der Waals surface area contributed by atoms with Gasteiger partial charge in [0.1, 0.15) is 17.7 Å². The Morgan fingerprint density at radius 1 is 1.19 bits per heavy atom. The molecule has 2 aromatic carbocycles. The number of benzene rings is 2. The second-order valence-corrected chi connectivity index (χ2v) is 8.35. The van der Waals surface area contributed by atoms with Crippen LogP contribution in [0.2, 0.25) is 0 Å². The SMILES string of the molecule is Cc1ccc2c(N3CCC(NC(=O)[C@H]4CCCO4)C3)nc(-c3ccccc3O)nc2c1. The number of aromatic nitrogens is 2. The summed E-state index contributed by atoms with van der Waals surface area (Å²) in [5.41, 5.74) is 2.56. The van der Waals surface area contributed by atoms with Gasteiger partial charge in [-0.25, -0.2) is 9.97 Å². The van der Waals surface area contributed by atoms with Crippen LogP contribution in [-0.2, 0) is 9.53 Å². The predicted octanol–water partition coefficient (Wildman–Crippen LogP) is 3.18. The number of phenolic OH excluding ortho intramolecular Hbond substituents is 1. The summed E-state index contributed by atoms with van der Waals surface area (Å²) in [5.74, 6) is 1.47. The topological polar surface area (TPSA) is 87.6 Å². The van der Waals surface area contributed by atoms with Crippen LogP contribution in [0, 0.1) is 6.92 Å². The number of fused-ring (bicyclic) bond motifs is 1. The Hall–Kier alpha value is -3.19. The van der Waals surface area contributed by atoms with Crippen molar-refractivity contribution < 1.29 is 14.6 Å².